The van der Waals surface area contributed by atoms with Crippen LogP contribution in [-0.2, 0) is 4.79 Å². The Bertz CT molecular complexity index is 1270. The largest absolute Gasteiger partial charge is 0.512 e. The van der Waals surface area contributed by atoms with Crippen molar-refractivity contribution in [3.8, 4) is 0 Å². The van der Waals surface area contributed by atoms with Crippen molar-refractivity contribution in [2.75, 3.05) is 33.7 Å². The van der Waals surface area contributed by atoms with E-state index < -0.39 is 58.5 Å². The van der Waals surface area contributed by atoms with Gasteiger partial charge < -0.3 is 41.0 Å². The molecular formula is C35H56N4O7. The second kappa shape index (κ2) is 12.2. The highest BCUT2D eigenvalue weighted by atomic mass is 16.4. The Hall–Kier alpha value is -1.86. The average molecular weight is 645 g/mol. The van der Waals surface area contributed by atoms with E-state index in [0.717, 1.165) is 25.1 Å². The van der Waals surface area contributed by atoms with Crippen LogP contribution in [0, 0.1) is 34.5 Å². The summed E-state index contributed by atoms with van der Waals surface area (Å²) in [6.07, 6.45) is 5.13. The molecule has 46 heavy (non-hydrogen) atoms. The van der Waals surface area contributed by atoms with E-state index in [1.807, 2.05) is 27.2 Å². The lowest BCUT2D eigenvalue weighted by Gasteiger charge is -2.67. The number of rotatable bonds is 8. The summed E-state index contributed by atoms with van der Waals surface area (Å²) in [7, 11) is 4.04. The number of nitrogens with zero attached hydrogens (tertiary/aromatic N) is 3. The predicted molar refractivity (Wildman–Crippen MR) is 174 cm³/mol. The van der Waals surface area contributed by atoms with Crippen LogP contribution in [-0.4, -0.2) is 128 Å². The Morgan fingerprint density at radius 2 is 1.80 bits per heavy atom. The van der Waals surface area contributed by atoms with Crippen molar-refractivity contribution in [1.29, 1.82) is 0 Å². The SMILES string of the molecule is CC(=O)C1=C(O)C[C@]2(C)C[C@]3(C)CC4C(C(O)C(CN(CC5CCCC5)CC5CC=NN5)=CC4N(C)C)C(O)C3C(O)[C@]2(O)C1O. The molecule has 9 unspecified atom stereocenters. The van der Waals surface area contributed by atoms with Gasteiger partial charge >= 0.3 is 0 Å². The van der Waals surface area contributed by atoms with Crippen LogP contribution >= 0.6 is 0 Å². The van der Waals surface area contributed by atoms with E-state index in [1.54, 1.807) is 6.92 Å². The minimum absolute atomic E-state index is 0.0689. The fraction of sp³-hybridized carbons (Fsp3) is 0.829. The zero-order valence-electron chi connectivity index (χ0n) is 28.1. The van der Waals surface area contributed by atoms with Crippen LogP contribution in [0.2, 0.25) is 0 Å². The first kappa shape index (κ1) is 34.0. The summed E-state index contributed by atoms with van der Waals surface area (Å²) in [5.41, 5.74) is -0.234. The van der Waals surface area contributed by atoms with Crippen LogP contribution in [0.1, 0.15) is 72.1 Å². The van der Waals surface area contributed by atoms with Gasteiger partial charge in [-0.2, -0.15) is 5.10 Å². The van der Waals surface area contributed by atoms with Gasteiger partial charge in [0.15, 0.2) is 5.78 Å². The van der Waals surface area contributed by atoms with E-state index in [9.17, 15) is 35.4 Å². The molecule has 3 fully saturated rings. The number of likely N-dealkylation sites (N-methyl/N-ethyl adjacent to an activating group) is 1. The minimum atomic E-state index is -2.17. The molecule has 12 atom stereocenters. The summed E-state index contributed by atoms with van der Waals surface area (Å²) in [5, 5.41) is 75.2. The molecule has 3 saturated carbocycles. The molecule has 6 rings (SSSR count). The molecule has 11 nitrogen and oxygen atoms in total. The number of fused-ring (bicyclic) bond motifs is 3. The second-order valence-corrected chi connectivity index (χ2v) is 16.5. The van der Waals surface area contributed by atoms with Gasteiger partial charge in [-0.3, -0.25) is 9.69 Å². The molecule has 0 spiro atoms. The molecule has 1 heterocycles. The molecular weight excluding hydrogens is 588 g/mol. The second-order valence-electron chi connectivity index (χ2n) is 16.5. The van der Waals surface area contributed by atoms with Crippen LogP contribution < -0.4 is 5.43 Å². The Morgan fingerprint density at radius 3 is 2.41 bits per heavy atom. The smallest absolute Gasteiger partial charge is 0.161 e. The zero-order valence-corrected chi connectivity index (χ0v) is 28.1. The third-order valence-electron chi connectivity index (χ3n) is 13.0. The summed E-state index contributed by atoms with van der Waals surface area (Å²) >= 11 is 0. The maximum absolute atomic E-state index is 12.5. The summed E-state index contributed by atoms with van der Waals surface area (Å²) in [4.78, 5) is 17.0. The Morgan fingerprint density at radius 1 is 1.11 bits per heavy atom. The van der Waals surface area contributed by atoms with Gasteiger partial charge in [-0.25, -0.2) is 0 Å². The fourth-order valence-electron chi connectivity index (χ4n) is 11.0. The maximum Gasteiger partial charge on any atom is 0.161 e. The predicted octanol–water partition coefficient (Wildman–Crippen LogP) is 1.34. The Labute approximate surface area is 273 Å². The van der Waals surface area contributed by atoms with Crippen LogP contribution in [0.15, 0.2) is 28.1 Å². The molecule has 0 aromatic carbocycles. The quantitative estimate of drug-likeness (QED) is 0.192. The highest BCUT2D eigenvalue weighted by Gasteiger charge is 2.72. The van der Waals surface area contributed by atoms with Crippen molar-refractivity contribution in [2.45, 2.75) is 114 Å². The number of ketones is 1. The Kier molecular flexibility index (Phi) is 9.05. The summed E-state index contributed by atoms with van der Waals surface area (Å²) in [6, 6.07) is 0.140. The highest BCUT2D eigenvalue weighted by Crippen LogP contribution is 2.66. The van der Waals surface area contributed by atoms with Crippen LogP contribution in [0.5, 0.6) is 0 Å². The number of hydrazone groups is 1. The van der Waals surface area contributed by atoms with Gasteiger partial charge in [0.1, 0.15) is 17.5 Å². The molecule has 0 aromatic rings. The first-order chi connectivity index (χ1) is 21.6. The van der Waals surface area contributed by atoms with E-state index in [2.05, 4.69) is 26.4 Å². The molecule has 6 aliphatic rings. The van der Waals surface area contributed by atoms with Crippen LogP contribution in [0.3, 0.4) is 0 Å². The average Bonchev–Trinajstić information content (AvgIpc) is 3.66. The topological polar surface area (TPSA) is 169 Å². The Balaban J connectivity index is 1.33. The third kappa shape index (κ3) is 5.38. The number of hydrogen-bond acceptors (Lipinski definition) is 11. The normalized spacial score (nSPS) is 45.8. The number of allylic oxidation sites excluding steroid dienone is 1. The summed E-state index contributed by atoms with van der Waals surface area (Å²) < 4.78 is 0. The van der Waals surface area contributed by atoms with Gasteiger partial charge in [-0.1, -0.05) is 32.8 Å². The van der Waals surface area contributed by atoms with Crippen molar-refractivity contribution in [1.82, 2.24) is 15.2 Å². The molecule has 0 aromatic heterocycles. The van der Waals surface area contributed by atoms with E-state index in [-0.39, 0.29) is 35.8 Å². The van der Waals surface area contributed by atoms with Gasteiger partial charge in [0.05, 0.1) is 29.9 Å². The number of aliphatic hydroxyl groups excluding tert-OH is 5. The monoisotopic (exact) mass is 644 g/mol. The van der Waals surface area contributed by atoms with Gasteiger partial charge in [0.25, 0.3) is 0 Å². The van der Waals surface area contributed by atoms with Gasteiger partial charge in [-0.15, -0.1) is 0 Å². The minimum Gasteiger partial charge on any atom is -0.512 e. The molecule has 11 heteroatoms. The lowest BCUT2D eigenvalue weighted by atomic mass is 9.41. The van der Waals surface area contributed by atoms with Gasteiger partial charge in [0.2, 0.25) is 0 Å². The van der Waals surface area contributed by atoms with E-state index in [1.165, 1.54) is 32.6 Å². The van der Waals surface area contributed by atoms with Crippen molar-refractivity contribution in [3.63, 3.8) is 0 Å². The molecule has 0 bridgehead atoms. The van der Waals surface area contributed by atoms with Gasteiger partial charge in [-0.05, 0) is 69.5 Å². The first-order valence-electron chi connectivity index (χ1n) is 17.4. The van der Waals surface area contributed by atoms with Crippen molar-refractivity contribution in [2.24, 2.45) is 39.6 Å². The lowest BCUT2D eigenvalue weighted by molar-refractivity contribution is -0.301. The van der Waals surface area contributed by atoms with Gasteiger partial charge in [0, 0.05) is 62.0 Å². The standard InChI is InChI=1S/C35H56N4O7/c1-19(40)26-25(41)14-34(3)18-33(2)13-23-24(38(4)5)12-21(16-39(15-20-8-6-7-9-20)17-22-10-11-36-37-22)29(42)27(23)30(43)28(33)32(45)35(34,46)31(26)44/h11-12,20,22-24,27-32,37,41-46H,6-10,13-18H2,1-5H3/t22?,23?,24?,27?,28?,29?,30?,31?,32?,33-,34+,35+/m0/s1. The first-order valence-corrected chi connectivity index (χ1v) is 17.4. The summed E-state index contributed by atoms with van der Waals surface area (Å²) in [6.45, 7) is 7.27. The van der Waals surface area contributed by atoms with Crippen LogP contribution in [0.25, 0.3) is 0 Å². The van der Waals surface area contributed by atoms with Crippen molar-refractivity contribution in [3.05, 3.63) is 23.0 Å². The number of hydrogen-bond donors (Lipinski definition) is 7. The molecule has 0 radical (unpaired) electrons. The number of nitrogens with one attached hydrogen (secondary N) is 1. The molecule has 5 aliphatic carbocycles. The summed E-state index contributed by atoms with van der Waals surface area (Å²) in [5.74, 6) is -1.83. The number of Topliss-reactive ketones (excluding diaryl/α,β-unsaturated/α-hetero) is 1. The van der Waals surface area contributed by atoms with Crippen molar-refractivity contribution < 1.29 is 35.4 Å². The molecule has 0 saturated heterocycles. The van der Waals surface area contributed by atoms with Crippen molar-refractivity contribution >= 4 is 12.0 Å². The molecule has 7 N–H and O–H groups in total. The highest BCUT2D eigenvalue weighted by molar-refractivity contribution is 5.95. The van der Waals surface area contributed by atoms with E-state index >= 15 is 0 Å². The van der Waals surface area contributed by atoms with E-state index in [0.29, 0.717) is 25.3 Å². The lowest BCUT2D eigenvalue weighted by Crippen LogP contribution is -2.76. The zero-order chi connectivity index (χ0) is 33.3. The molecule has 1 aliphatic heterocycles. The third-order valence-corrected chi connectivity index (χ3v) is 13.0. The molecule has 0 amide bonds. The fourth-order valence-corrected chi connectivity index (χ4v) is 11.0. The number of carbonyl (C=O) groups is 1. The van der Waals surface area contributed by atoms with Crippen LogP contribution in [0.4, 0.5) is 0 Å². The number of carbonyl (C=O) groups excluding carboxylic acids is 1. The van der Waals surface area contributed by atoms with E-state index in [4.69, 9.17) is 0 Å². The molecule has 258 valence electrons. The number of aliphatic hydroxyl groups is 6. The maximum atomic E-state index is 12.5.